The van der Waals surface area contributed by atoms with Gasteiger partial charge in [-0.3, -0.25) is 4.79 Å². The van der Waals surface area contributed by atoms with Crippen LogP contribution in [0, 0.1) is 0 Å². The summed E-state index contributed by atoms with van der Waals surface area (Å²) in [7, 11) is -1.78. The van der Waals surface area contributed by atoms with E-state index in [1.165, 1.54) is 29.8 Å². The van der Waals surface area contributed by atoms with Gasteiger partial charge in [0.15, 0.2) is 0 Å². The first-order valence-corrected chi connectivity index (χ1v) is 10.3. The van der Waals surface area contributed by atoms with Crippen LogP contribution in [0.2, 0.25) is 5.02 Å². The number of carbonyl (C=O) groups is 1. The van der Waals surface area contributed by atoms with E-state index in [1.807, 2.05) is 6.92 Å². The van der Waals surface area contributed by atoms with Crippen molar-refractivity contribution in [1.82, 2.24) is 9.21 Å². The molecule has 26 heavy (non-hydrogen) atoms. The van der Waals surface area contributed by atoms with Gasteiger partial charge in [0.1, 0.15) is 5.75 Å². The monoisotopic (exact) mass is 425 g/mol. The van der Waals surface area contributed by atoms with Crippen LogP contribution in [-0.4, -0.2) is 62.6 Å². The van der Waals surface area contributed by atoms with Crippen LogP contribution in [0.5, 0.6) is 5.75 Å². The summed E-state index contributed by atoms with van der Waals surface area (Å²) in [5, 5.41) is 0.299. The highest BCUT2D eigenvalue weighted by atomic mass is 35.5. The number of ether oxygens (including phenoxy) is 1. The molecule has 2 N–H and O–H groups in total. The number of likely N-dealkylation sites (tertiary alicyclic amines) is 1. The average Bonchev–Trinajstić information content (AvgIpc) is 2.56. The number of sulfonamides is 1. The number of nitrogens with zero attached hydrogens (tertiary/aromatic N) is 2. The second kappa shape index (κ2) is 9.12. The lowest BCUT2D eigenvalue weighted by molar-refractivity contribution is 0.0677. The molecule has 148 valence electrons. The molecule has 7 nitrogen and oxygen atoms in total. The fourth-order valence-corrected chi connectivity index (χ4v) is 4.58. The van der Waals surface area contributed by atoms with E-state index in [0.29, 0.717) is 54.5 Å². The highest BCUT2D eigenvalue weighted by Crippen LogP contribution is 2.30. The number of hydrogen-bond donors (Lipinski definition) is 1. The standard InChI is InChI=1S/C16H24ClN3O4S.ClH/c1-4-20(25(3,22)23)11-5-7-19(8-6-11)16(21)12-9-13(17)14(18)10-15(12)24-2;/h9-11H,4-8,18H2,1-3H3;1H. The number of halogens is 2. The van der Waals surface area contributed by atoms with Crippen molar-refractivity contribution in [2.24, 2.45) is 0 Å². The van der Waals surface area contributed by atoms with Crippen molar-refractivity contribution in [2.45, 2.75) is 25.8 Å². The highest BCUT2D eigenvalue weighted by Gasteiger charge is 2.31. The van der Waals surface area contributed by atoms with E-state index in [2.05, 4.69) is 0 Å². The van der Waals surface area contributed by atoms with Gasteiger partial charge >= 0.3 is 0 Å². The van der Waals surface area contributed by atoms with Crippen molar-refractivity contribution in [1.29, 1.82) is 0 Å². The third-order valence-corrected chi connectivity index (χ3v) is 6.18. The number of nitrogen functional groups attached to an aromatic ring is 1. The predicted octanol–water partition coefficient (Wildman–Crippen LogP) is 2.24. The van der Waals surface area contributed by atoms with Crippen molar-refractivity contribution >= 4 is 45.6 Å². The number of hydrogen-bond acceptors (Lipinski definition) is 5. The van der Waals surface area contributed by atoms with Crippen molar-refractivity contribution in [3.8, 4) is 5.75 Å². The molecule has 0 aliphatic carbocycles. The Morgan fingerprint density at radius 2 is 1.96 bits per heavy atom. The van der Waals surface area contributed by atoms with E-state index in [0.717, 1.165) is 0 Å². The fourth-order valence-electron chi connectivity index (χ4n) is 3.20. The molecule has 1 amide bonds. The zero-order chi connectivity index (χ0) is 18.8. The van der Waals surface area contributed by atoms with Crippen LogP contribution in [0.1, 0.15) is 30.1 Å². The van der Waals surface area contributed by atoms with Crippen LogP contribution < -0.4 is 10.5 Å². The first kappa shape index (κ1) is 22.8. The Balaban J connectivity index is 0.00000338. The Morgan fingerprint density at radius 1 is 1.38 bits per heavy atom. The maximum atomic E-state index is 12.8. The minimum Gasteiger partial charge on any atom is -0.496 e. The number of piperidine rings is 1. The second-order valence-corrected chi connectivity index (χ2v) is 8.41. The van der Waals surface area contributed by atoms with Gasteiger partial charge in [-0.05, 0) is 18.9 Å². The van der Waals surface area contributed by atoms with Crippen LogP contribution in [0.4, 0.5) is 5.69 Å². The van der Waals surface area contributed by atoms with Crippen molar-refractivity contribution < 1.29 is 17.9 Å². The summed E-state index contributed by atoms with van der Waals surface area (Å²) in [6, 6.07) is 2.96. The number of carbonyl (C=O) groups excluding carboxylic acids is 1. The molecule has 0 spiro atoms. The average molecular weight is 426 g/mol. The molecule has 0 atom stereocenters. The van der Waals surface area contributed by atoms with Gasteiger partial charge in [0.25, 0.3) is 5.91 Å². The van der Waals surface area contributed by atoms with Gasteiger partial charge < -0.3 is 15.4 Å². The lowest BCUT2D eigenvalue weighted by atomic mass is 10.0. The molecule has 1 fully saturated rings. The van der Waals surface area contributed by atoms with Crippen LogP contribution in [-0.2, 0) is 10.0 Å². The quantitative estimate of drug-likeness (QED) is 0.729. The molecule has 1 aromatic carbocycles. The van der Waals surface area contributed by atoms with Gasteiger partial charge in [-0.25, -0.2) is 8.42 Å². The summed E-state index contributed by atoms with van der Waals surface area (Å²) in [5.74, 6) is 0.181. The smallest absolute Gasteiger partial charge is 0.257 e. The summed E-state index contributed by atoms with van der Waals surface area (Å²) >= 11 is 6.03. The third kappa shape index (κ3) is 4.94. The molecular weight excluding hydrogens is 401 g/mol. The number of benzene rings is 1. The number of amides is 1. The van der Waals surface area contributed by atoms with E-state index in [-0.39, 0.29) is 24.4 Å². The zero-order valence-corrected chi connectivity index (χ0v) is 17.5. The molecule has 2 rings (SSSR count). The lowest BCUT2D eigenvalue weighted by Gasteiger charge is -2.37. The summed E-state index contributed by atoms with van der Waals surface area (Å²) in [4.78, 5) is 14.5. The topological polar surface area (TPSA) is 92.9 Å². The number of methoxy groups -OCH3 is 1. The van der Waals surface area contributed by atoms with Gasteiger partial charge in [-0.15, -0.1) is 12.4 Å². The van der Waals surface area contributed by atoms with E-state index in [9.17, 15) is 13.2 Å². The highest BCUT2D eigenvalue weighted by molar-refractivity contribution is 7.88. The van der Waals surface area contributed by atoms with Crippen molar-refractivity contribution in [2.75, 3.05) is 38.7 Å². The molecule has 1 aromatic rings. The van der Waals surface area contributed by atoms with Gasteiger partial charge in [0.05, 0.1) is 29.6 Å². The zero-order valence-electron chi connectivity index (χ0n) is 15.1. The van der Waals surface area contributed by atoms with E-state index in [4.69, 9.17) is 22.1 Å². The van der Waals surface area contributed by atoms with E-state index in [1.54, 1.807) is 4.90 Å². The Morgan fingerprint density at radius 3 is 2.42 bits per heavy atom. The SMILES string of the molecule is CCN(C1CCN(C(=O)c2cc(Cl)c(N)cc2OC)CC1)S(C)(=O)=O.Cl. The van der Waals surface area contributed by atoms with Gasteiger partial charge in [-0.1, -0.05) is 18.5 Å². The molecule has 10 heteroatoms. The molecule has 0 radical (unpaired) electrons. The molecular formula is C16H25Cl2N3O4S. The van der Waals surface area contributed by atoms with Gasteiger partial charge in [-0.2, -0.15) is 4.31 Å². The molecule has 1 aliphatic heterocycles. The molecule has 0 aromatic heterocycles. The first-order chi connectivity index (χ1) is 11.7. The Bertz CT molecular complexity index is 750. The predicted molar refractivity (Wildman–Crippen MR) is 106 cm³/mol. The van der Waals surface area contributed by atoms with Crippen LogP contribution in [0.25, 0.3) is 0 Å². The minimum absolute atomic E-state index is 0. The molecule has 0 unspecified atom stereocenters. The molecule has 0 bridgehead atoms. The maximum absolute atomic E-state index is 12.8. The van der Waals surface area contributed by atoms with Crippen LogP contribution in [0.3, 0.4) is 0 Å². The van der Waals surface area contributed by atoms with Crippen molar-refractivity contribution in [3.05, 3.63) is 22.7 Å². The molecule has 1 saturated heterocycles. The second-order valence-electron chi connectivity index (χ2n) is 6.06. The Kier molecular flexibility index (Phi) is 8.01. The van der Waals surface area contributed by atoms with Crippen molar-refractivity contribution in [3.63, 3.8) is 0 Å². The molecule has 1 aliphatic rings. The maximum Gasteiger partial charge on any atom is 0.257 e. The van der Waals surface area contributed by atoms with Crippen LogP contribution in [0.15, 0.2) is 12.1 Å². The molecule has 0 saturated carbocycles. The Hall–Kier alpha value is -1.22. The summed E-state index contributed by atoms with van der Waals surface area (Å²) in [6.45, 7) is 3.19. The fraction of sp³-hybridized carbons (Fsp3) is 0.562. The Labute approximate surface area is 165 Å². The third-order valence-electron chi connectivity index (χ3n) is 4.45. The minimum atomic E-state index is -3.25. The normalized spacial score (nSPS) is 15.7. The number of rotatable bonds is 5. The first-order valence-electron chi connectivity index (χ1n) is 8.08. The van der Waals surface area contributed by atoms with Gasteiger partial charge in [0.2, 0.25) is 10.0 Å². The summed E-state index contributed by atoms with van der Waals surface area (Å²) in [6.07, 6.45) is 2.41. The summed E-state index contributed by atoms with van der Waals surface area (Å²) < 4.78 is 30.4. The van der Waals surface area contributed by atoms with E-state index >= 15 is 0 Å². The number of anilines is 1. The van der Waals surface area contributed by atoms with Gasteiger partial charge in [0, 0.05) is 31.7 Å². The molecule has 1 heterocycles. The largest absolute Gasteiger partial charge is 0.496 e. The summed E-state index contributed by atoms with van der Waals surface area (Å²) in [5.41, 5.74) is 6.46. The number of nitrogens with two attached hydrogens (primary N) is 1. The van der Waals surface area contributed by atoms with Crippen LogP contribution >= 0.6 is 24.0 Å². The lowest BCUT2D eigenvalue weighted by Crippen LogP contribution is -2.48. The van der Waals surface area contributed by atoms with E-state index < -0.39 is 10.0 Å².